The Bertz CT molecular complexity index is 2340. The summed E-state index contributed by atoms with van der Waals surface area (Å²) in [6, 6.07) is 44.7. The molecule has 8 rings (SSSR count). The molecule has 0 bridgehead atoms. The molecule has 0 amide bonds. The monoisotopic (exact) mass is 772 g/mol. The van der Waals surface area contributed by atoms with E-state index in [1.165, 1.54) is 68.0 Å². The predicted octanol–water partition coefficient (Wildman–Crippen LogP) is 11.2. The van der Waals surface area contributed by atoms with Crippen LogP contribution >= 0.6 is 24.8 Å². The number of fused-ring (bicyclic) bond motifs is 5. The number of hydrogen-bond acceptors (Lipinski definition) is 0. The van der Waals surface area contributed by atoms with E-state index in [9.17, 15) is 0 Å². The Labute approximate surface area is 311 Å². The Hall–Kier alpha value is -3.35. The van der Waals surface area contributed by atoms with Gasteiger partial charge in [-0.2, -0.15) is 0 Å². The number of hydrogen-bond donors (Lipinski definition) is 0. The van der Waals surface area contributed by atoms with Gasteiger partial charge >= 0.3 is 289 Å². The van der Waals surface area contributed by atoms with Gasteiger partial charge in [-0.25, -0.2) is 0 Å². The van der Waals surface area contributed by atoms with Crippen molar-refractivity contribution in [2.24, 2.45) is 0 Å². The van der Waals surface area contributed by atoms with Crippen molar-refractivity contribution >= 4 is 60.4 Å². The van der Waals surface area contributed by atoms with Gasteiger partial charge in [-0.05, 0) is 0 Å². The van der Waals surface area contributed by atoms with Crippen LogP contribution in [0.5, 0.6) is 0 Å². The van der Waals surface area contributed by atoms with Crippen molar-refractivity contribution in [3.63, 3.8) is 0 Å². The second-order valence-corrected chi connectivity index (χ2v) is 29.4. The maximum atomic E-state index is 5.83. The van der Waals surface area contributed by atoms with Crippen LogP contribution in [-0.2, 0) is 35.5 Å². The van der Waals surface area contributed by atoms with Gasteiger partial charge < -0.3 is 0 Å². The van der Waals surface area contributed by atoms with E-state index in [0.717, 1.165) is 12.8 Å². The van der Waals surface area contributed by atoms with Gasteiger partial charge in [-0.15, -0.1) is 24.8 Å². The second-order valence-electron chi connectivity index (χ2n) is 16.5. The van der Waals surface area contributed by atoms with Crippen molar-refractivity contribution in [3.05, 3.63) is 159 Å². The van der Waals surface area contributed by atoms with Crippen LogP contribution in [0.3, 0.4) is 0 Å². The topological polar surface area (TPSA) is 0 Å². The van der Waals surface area contributed by atoms with Crippen LogP contribution in [0.4, 0.5) is 0 Å². The van der Waals surface area contributed by atoms with Gasteiger partial charge in [0.1, 0.15) is 0 Å². The maximum absolute atomic E-state index is 5.83. The molecule has 2 aliphatic carbocycles. The summed E-state index contributed by atoms with van der Waals surface area (Å²) in [7, 11) is 0. The first-order valence-corrected chi connectivity index (χ1v) is 24.2. The van der Waals surface area contributed by atoms with Crippen LogP contribution in [0.2, 0.25) is 0 Å². The summed E-state index contributed by atoms with van der Waals surface area (Å²) in [5.41, 5.74) is 8.57. The van der Waals surface area contributed by atoms with E-state index in [4.69, 9.17) is 4.21 Å². The van der Waals surface area contributed by atoms with Crippen LogP contribution < -0.4 is 9.81 Å². The zero-order chi connectivity index (χ0) is 33.5. The molecule has 2 aliphatic rings. The summed E-state index contributed by atoms with van der Waals surface area (Å²) in [5.74, 6) is 0. The predicted molar refractivity (Wildman–Crippen MR) is 222 cm³/mol. The van der Waals surface area contributed by atoms with Gasteiger partial charge in [-0.3, -0.25) is 0 Å². The van der Waals surface area contributed by atoms with Crippen molar-refractivity contribution in [1.29, 1.82) is 0 Å². The molecule has 0 aromatic heterocycles. The molecule has 50 heavy (non-hydrogen) atoms. The van der Waals surface area contributed by atoms with Crippen molar-refractivity contribution in [1.82, 2.24) is 0 Å². The van der Waals surface area contributed by atoms with Gasteiger partial charge in [0.25, 0.3) is 0 Å². The molecule has 0 radical (unpaired) electrons. The Morgan fingerprint density at radius 2 is 1.10 bits per heavy atom. The summed E-state index contributed by atoms with van der Waals surface area (Å²) in [5, 5.41) is 5.12. The zero-order valence-corrected chi connectivity index (χ0v) is 34.2. The average Bonchev–Trinajstić information content (AvgIpc) is 3.75. The van der Waals surface area contributed by atoms with Crippen LogP contribution in [0.15, 0.2) is 137 Å². The SMILES string of the molecule is Cl.Cl.[CH2]=[Zr]([C]1=CC=CC1)([c]1ccc2ccccc2c1)([c]1ccc2ccccc2c1)[c]1cc(C(C)(C)C)cc2c1Cc1ccc(C(C)(C)C)cc1-2. The normalized spacial score (nSPS) is 14.2. The minimum absolute atomic E-state index is 0. The third kappa shape index (κ3) is 5.48. The molecule has 0 saturated heterocycles. The molecule has 6 aromatic carbocycles. The molecule has 3 heteroatoms. The molecule has 254 valence electrons. The number of allylic oxidation sites excluding steroid dienone is 4. The quantitative estimate of drug-likeness (QED) is 0.167. The Balaban J connectivity index is 0.00000216. The van der Waals surface area contributed by atoms with E-state index < -0.39 is 18.3 Å². The molecule has 0 fully saturated rings. The van der Waals surface area contributed by atoms with E-state index in [1.54, 1.807) is 0 Å². The van der Waals surface area contributed by atoms with E-state index in [-0.39, 0.29) is 35.6 Å². The molecule has 0 nitrogen and oxygen atoms in total. The second kappa shape index (κ2) is 12.7. The fraction of sp³-hybridized carbons (Fsp3) is 0.213. The van der Waals surface area contributed by atoms with Crippen molar-refractivity contribution < 1.29 is 18.3 Å². The summed E-state index contributed by atoms with van der Waals surface area (Å²) in [4.78, 5) is 0. The summed E-state index contributed by atoms with van der Waals surface area (Å²) >= 11 is -4.97. The minimum atomic E-state index is -4.97. The molecule has 0 atom stereocenters. The standard InChI is InChI=1S/C21H25.2C10H7.C5H5.CH2.2ClH.Zr/c1-20(2,3)16-9-7-14-11-15-8-10-17(21(4,5)6)13-19(15)18(14)12-16;2*1-2-6-10-8-4-3-7-9(10)5-1;1-2-4-5-3-1;;;;/h7,9-10,12-13H,11H2,1-6H3;2*1-3,5-8H;1-3H,4H2;1H2;2*1H;. The molecule has 0 saturated carbocycles. The zero-order valence-electron chi connectivity index (χ0n) is 30.1. The molecule has 0 unspecified atom stereocenters. The molecule has 0 heterocycles. The Morgan fingerprint density at radius 1 is 0.560 bits per heavy atom. The fourth-order valence-electron chi connectivity index (χ4n) is 8.61. The first-order valence-electron chi connectivity index (χ1n) is 17.6. The van der Waals surface area contributed by atoms with E-state index in [1.807, 2.05) is 0 Å². The molecule has 0 N–H and O–H groups in total. The van der Waals surface area contributed by atoms with Gasteiger partial charge in [0.05, 0.1) is 0 Å². The van der Waals surface area contributed by atoms with Gasteiger partial charge in [0.2, 0.25) is 0 Å². The fourth-order valence-corrected chi connectivity index (χ4v) is 24.1. The van der Waals surface area contributed by atoms with Crippen LogP contribution in [0.1, 0.15) is 70.2 Å². The summed E-state index contributed by atoms with van der Waals surface area (Å²) < 4.78 is 11.7. The van der Waals surface area contributed by atoms with Crippen LogP contribution in [0, 0.1) is 0 Å². The van der Waals surface area contributed by atoms with E-state index >= 15 is 0 Å². The third-order valence-electron chi connectivity index (χ3n) is 11.6. The van der Waals surface area contributed by atoms with Gasteiger partial charge in [0, 0.05) is 0 Å². The van der Waals surface area contributed by atoms with Crippen molar-refractivity contribution in [3.8, 4) is 11.1 Å². The molecule has 0 spiro atoms. The Kier molecular flexibility index (Phi) is 9.26. The number of rotatable bonds is 4. The van der Waals surface area contributed by atoms with Crippen LogP contribution in [0.25, 0.3) is 32.7 Å². The van der Waals surface area contributed by atoms with Gasteiger partial charge in [-0.1, -0.05) is 0 Å². The molecular weight excluding hydrogens is 727 g/mol. The van der Waals surface area contributed by atoms with E-state index in [2.05, 4.69) is 175 Å². The molecule has 0 aliphatic heterocycles. The van der Waals surface area contributed by atoms with Crippen LogP contribution in [-0.4, -0.2) is 4.21 Å². The third-order valence-corrected chi connectivity index (χ3v) is 27.8. The summed E-state index contributed by atoms with van der Waals surface area (Å²) in [6.45, 7) is 14.1. The first kappa shape index (κ1) is 36.4. The van der Waals surface area contributed by atoms with Crippen molar-refractivity contribution in [2.75, 3.05) is 0 Å². The van der Waals surface area contributed by atoms with Gasteiger partial charge in [0.15, 0.2) is 0 Å². The first-order chi connectivity index (χ1) is 22.9. The van der Waals surface area contributed by atoms with Crippen molar-refractivity contribution in [2.45, 2.75) is 65.2 Å². The number of benzene rings is 6. The van der Waals surface area contributed by atoms with E-state index in [0.29, 0.717) is 0 Å². The number of halogens is 2. The molecular formula is C47H48Cl2Zr. The molecule has 6 aromatic rings. The Morgan fingerprint density at radius 3 is 1.62 bits per heavy atom. The average molecular weight is 775 g/mol. The summed E-state index contributed by atoms with van der Waals surface area (Å²) in [6.07, 6.45) is 8.96.